The van der Waals surface area contributed by atoms with Crippen molar-refractivity contribution in [3.63, 3.8) is 0 Å². The molecule has 0 saturated heterocycles. The van der Waals surface area contributed by atoms with E-state index in [4.69, 9.17) is 9.97 Å². The van der Waals surface area contributed by atoms with Gasteiger partial charge in [0.25, 0.3) is 0 Å². The Morgan fingerprint density at radius 1 is 0.286 bits per heavy atom. The van der Waals surface area contributed by atoms with Crippen molar-refractivity contribution in [1.82, 2.24) is 19.9 Å². The van der Waals surface area contributed by atoms with Gasteiger partial charge in [0, 0.05) is 34.1 Å². The van der Waals surface area contributed by atoms with Crippen LogP contribution >= 0.6 is 0 Å². The van der Waals surface area contributed by atoms with E-state index in [1.54, 1.807) is 12.4 Å². The molecule has 4 aromatic heterocycles. The maximum absolute atomic E-state index is 5.38. The van der Waals surface area contributed by atoms with Crippen LogP contribution in [0.2, 0.25) is 0 Å². The van der Waals surface area contributed by atoms with Gasteiger partial charge in [0.2, 0.25) is 0 Å². The van der Waals surface area contributed by atoms with Gasteiger partial charge in [-0.05, 0) is 99.1 Å². The molecule has 0 saturated carbocycles. The van der Waals surface area contributed by atoms with E-state index in [-0.39, 0.29) is 0 Å². The Morgan fingerprint density at radius 2 is 0.821 bits per heavy atom. The topological polar surface area (TPSA) is 51.6 Å². The fourth-order valence-electron chi connectivity index (χ4n) is 7.63. The molecule has 56 heavy (non-hydrogen) atoms. The van der Waals surface area contributed by atoms with Gasteiger partial charge in [0.15, 0.2) is 0 Å². The average molecular weight is 715 g/mol. The molecule has 262 valence electrons. The number of hydrogen-bond donors (Lipinski definition) is 0. The highest BCUT2D eigenvalue weighted by Crippen LogP contribution is 2.41. The van der Waals surface area contributed by atoms with Gasteiger partial charge < -0.3 is 0 Å². The number of fused-ring (bicyclic) bond motifs is 3. The van der Waals surface area contributed by atoms with Crippen LogP contribution in [0.5, 0.6) is 0 Å². The van der Waals surface area contributed by atoms with Crippen molar-refractivity contribution in [3.8, 4) is 78.5 Å². The van der Waals surface area contributed by atoms with Gasteiger partial charge in [-0.3, -0.25) is 9.97 Å². The zero-order valence-corrected chi connectivity index (χ0v) is 30.4. The maximum Gasteiger partial charge on any atom is 0.0900 e. The lowest BCUT2D eigenvalue weighted by Gasteiger charge is -2.16. The molecule has 0 aliphatic rings. The summed E-state index contributed by atoms with van der Waals surface area (Å²) in [7, 11) is 0. The summed E-state index contributed by atoms with van der Waals surface area (Å²) >= 11 is 0. The molecule has 0 amide bonds. The maximum atomic E-state index is 5.38. The third kappa shape index (κ3) is 6.29. The third-order valence-electron chi connectivity index (χ3n) is 10.4. The first-order valence-corrected chi connectivity index (χ1v) is 18.8. The standard InChI is InChI=1S/C52H34N4/c1-3-13-35(14-4-1)39-17-11-18-41(31-39)52-44-20-12-19-43(38-15-5-2-6-16-38)51(44)45-32-40(27-28-46(45)56-52)36-23-25-37(26-24-36)42-33-49(47-21-7-9-29-53-47)55-50(34-42)48-22-8-10-30-54-48/h1-34H. The van der Waals surface area contributed by atoms with Crippen LogP contribution in [-0.2, 0) is 0 Å². The Kier molecular flexibility index (Phi) is 8.47. The number of nitrogens with zero attached hydrogens (tertiary/aromatic N) is 4. The van der Waals surface area contributed by atoms with Gasteiger partial charge in [-0.1, -0.05) is 140 Å². The summed E-state index contributed by atoms with van der Waals surface area (Å²) in [5.74, 6) is 0. The van der Waals surface area contributed by atoms with Gasteiger partial charge in [0.05, 0.1) is 34.0 Å². The molecule has 4 heterocycles. The first-order valence-electron chi connectivity index (χ1n) is 18.8. The molecule has 6 aromatic carbocycles. The van der Waals surface area contributed by atoms with Crippen LogP contribution in [-0.4, -0.2) is 19.9 Å². The molecule has 0 spiro atoms. The van der Waals surface area contributed by atoms with Crippen LogP contribution in [0.3, 0.4) is 0 Å². The summed E-state index contributed by atoms with van der Waals surface area (Å²) in [6, 6.07) is 68.0. The Bertz CT molecular complexity index is 2930. The predicted molar refractivity (Wildman–Crippen MR) is 231 cm³/mol. The van der Waals surface area contributed by atoms with Gasteiger partial charge in [-0.25, -0.2) is 9.97 Å². The van der Waals surface area contributed by atoms with Crippen molar-refractivity contribution in [2.75, 3.05) is 0 Å². The van der Waals surface area contributed by atoms with Crippen molar-refractivity contribution >= 4 is 21.7 Å². The molecule has 0 bridgehead atoms. The number of rotatable bonds is 7. The van der Waals surface area contributed by atoms with Crippen LogP contribution in [0.15, 0.2) is 207 Å². The highest BCUT2D eigenvalue weighted by molar-refractivity contribution is 6.17. The molecule has 10 rings (SSSR count). The van der Waals surface area contributed by atoms with E-state index in [9.17, 15) is 0 Å². The zero-order valence-electron chi connectivity index (χ0n) is 30.4. The van der Waals surface area contributed by atoms with Crippen molar-refractivity contribution in [1.29, 1.82) is 0 Å². The van der Waals surface area contributed by atoms with E-state index in [1.165, 1.54) is 27.6 Å². The minimum Gasteiger partial charge on any atom is -0.255 e. The molecule has 0 atom stereocenters. The van der Waals surface area contributed by atoms with E-state index in [0.717, 1.165) is 72.6 Å². The predicted octanol–water partition coefficient (Wildman–Crippen LogP) is 13.2. The van der Waals surface area contributed by atoms with Crippen molar-refractivity contribution in [2.24, 2.45) is 0 Å². The molecule has 10 aromatic rings. The second-order valence-electron chi connectivity index (χ2n) is 13.9. The van der Waals surface area contributed by atoms with Crippen molar-refractivity contribution < 1.29 is 0 Å². The van der Waals surface area contributed by atoms with E-state index in [0.29, 0.717) is 0 Å². The number of pyridine rings is 4. The Hall–Kier alpha value is -7.56. The minimum atomic E-state index is 0.808. The Morgan fingerprint density at radius 3 is 1.48 bits per heavy atom. The summed E-state index contributed by atoms with van der Waals surface area (Å²) in [5, 5.41) is 3.45. The van der Waals surface area contributed by atoms with Crippen molar-refractivity contribution in [2.45, 2.75) is 0 Å². The van der Waals surface area contributed by atoms with Crippen LogP contribution in [0.1, 0.15) is 0 Å². The zero-order chi connectivity index (χ0) is 37.3. The molecular formula is C52H34N4. The minimum absolute atomic E-state index is 0.808. The van der Waals surface area contributed by atoms with Crippen molar-refractivity contribution in [3.05, 3.63) is 207 Å². The Balaban J connectivity index is 1.10. The first-order chi connectivity index (χ1) is 27.7. The smallest absolute Gasteiger partial charge is 0.0900 e. The third-order valence-corrected chi connectivity index (χ3v) is 10.4. The summed E-state index contributed by atoms with van der Waals surface area (Å²) < 4.78 is 0. The quantitative estimate of drug-likeness (QED) is 0.154. The lowest BCUT2D eigenvalue weighted by atomic mass is 9.91. The lowest BCUT2D eigenvalue weighted by Crippen LogP contribution is -1.94. The summed E-state index contributed by atoms with van der Waals surface area (Å²) in [6.45, 7) is 0. The second-order valence-corrected chi connectivity index (χ2v) is 13.9. The SMILES string of the molecule is c1ccc(-c2cccc(-c3nc4ccc(-c5ccc(-c6cc(-c7ccccn7)nc(-c7ccccn7)c6)cc5)cc4c4c(-c5ccccc5)cccc34)c2)cc1. The average Bonchev–Trinajstić information content (AvgIpc) is 3.29. The molecule has 0 aliphatic carbocycles. The summed E-state index contributed by atoms with van der Waals surface area (Å²) in [6.07, 6.45) is 3.60. The van der Waals surface area contributed by atoms with E-state index in [2.05, 4.69) is 168 Å². The molecule has 0 radical (unpaired) electrons. The molecule has 0 aliphatic heterocycles. The van der Waals surface area contributed by atoms with Gasteiger partial charge in [0.1, 0.15) is 0 Å². The number of benzene rings is 6. The van der Waals surface area contributed by atoms with Crippen LogP contribution in [0, 0.1) is 0 Å². The van der Waals surface area contributed by atoms with E-state index < -0.39 is 0 Å². The highest BCUT2D eigenvalue weighted by atomic mass is 14.8. The fourth-order valence-corrected chi connectivity index (χ4v) is 7.63. The van der Waals surface area contributed by atoms with Gasteiger partial charge >= 0.3 is 0 Å². The largest absolute Gasteiger partial charge is 0.255 e. The summed E-state index contributed by atoms with van der Waals surface area (Å²) in [4.78, 5) is 19.5. The first kappa shape index (κ1) is 33.0. The lowest BCUT2D eigenvalue weighted by molar-refractivity contribution is 1.22. The van der Waals surface area contributed by atoms with Crippen LogP contribution in [0.4, 0.5) is 0 Å². The van der Waals surface area contributed by atoms with Crippen LogP contribution < -0.4 is 0 Å². The van der Waals surface area contributed by atoms with E-state index >= 15 is 0 Å². The molecule has 0 N–H and O–H groups in total. The second kappa shape index (κ2) is 14.3. The Labute approximate surface area is 325 Å². The molecule has 4 nitrogen and oxygen atoms in total. The van der Waals surface area contributed by atoms with Gasteiger partial charge in [-0.15, -0.1) is 0 Å². The monoisotopic (exact) mass is 714 g/mol. The highest BCUT2D eigenvalue weighted by Gasteiger charge is 2.17. The summed E-state index contributed by atoms with van der Waals surface area (Å²) in [5.41, 5.74) is 15.4. The molecule has 0 fully saturated rings. The molecular weight excluding hydrogens is 681 g/mol. The van der Waals surface area contributed by atoms with Gasteiger partial charge in [-0.2, -0.15) is 0 Å². The van der Waals surface area contributed by atoms with Crippen LogP contribution in [0.25, 0.3) is 100 Å². The number of hydrogen-bond acceptors (Lipinski definition) is 4. The fraction of sp³-hybridized carbons (Fsp3) is 0. The molecule has 0 unspecified atom stereocenters. The number of aromatic nitrogens is 4. The molecule has 4 heteroatoms. The normalized spacial score (nSPS) is 11.2. The van der Waals surface area contributed by atoms with E-state index in [1.807, 2.05) is 36.4 Å².